The van der Waals surface area contributed by atoms with Crippen molar-refractivity contribution in [3.63, 3.8) is 0 Å². The van der Waals surface area contributed by atoms with E-state index in [9.17, 15) is 0 Å². The van der Waals surface area contributed by atoms with Crippen molar-refractivity contribution in [2.75, 3.05) is 13.1 Å². The maximum absolute atomic E-state index is 6.16. The van der Waals surface area contributed by atoms with Gasteiger partial charge in [0.15, 0.2) is 0 Å². The molecule has 2 fully saturated rings. The Morgan fingerprint density at radius 1 is 1.18 bits per heavy atom. The molecule has 0 aromatic carbocycles. The van der Waals surface area contributed by atoms with Crippen LogP contribution < -0.4 is 5.73 Å². The van der Waals surface area contributed by atoms with E-state index in [2.05, 4.69) is 25.7 Å². The first-order valence-corrected chi connectivity index (χ1v) is 7.20. The number of nitrogens with two attached hydrogens (primary N) is 1. The maximum Gasteiger partial charge on any atom is 0.0568 e. The average molecular weight is 240 g/mol. The lowest BCUT2D eigenvalue weighted by Gasteiger charge is -2.53. The van der Waals surface area contributed by atoms with Crippen LogP contribution in [0.5, 0.6) is 0 Å². The van der Waals surface area contributed by atoms with E-state index in [4.69, 9.17) is 10.5 Å². The topological polar surface area (TPSA) is 38.5 Å². The van der Waals surface area contributed by atoms with Gasteiger partial charge in [-0.1, -0.05) is 6.42 Å². The summed E-state index contributed by atoms with van der Waals surface area (Å²) in [6, 6.07) is 0.685. The van der Waals surface area contributed by atoms with E-state index >= 15 is 0 Å². The summed E-state index contributed by atoms with van der Waals surface area (Å²) in [7, 11) is 0. The number of hydrogen-bond donors (Lipinski definition) is 1. The lowest BCUT2D eigenvalue weighted by atomic mass is 9.80. The predicted molar refractivity (Wildman–Crippen MR) is 71.0 cm³/mol. The predicted octanol–water partition coefficient (Wildman–Crippen LogP) is 2.15. The Morgan fingerprint density at radius 3 is 2.35 bits per heavy atom. The first kappa shape index (κ1) is 13.3. The molecule has 0 radical (unpaired) electrons. The summed E-state index contributed by atoms with van der Waals surface area (Å²) >= 11 is 0. The summed E-state index contributed by atoms with van der Waals surface area (Å²) < 4.78 is 5.89. The second-order valence-electron chi connectivity index (χ2n) is 6.13. The summed E-state index contributed by atoms with van der Waals surface area (Å²) in [6.45, 7) is 8.73. The SMILES string of the molecule is CC1CC(CN)(N2CCCCC2C)CC(C)O1. The molecule has 100 valence electrons. The number of ether oxygens (including phenoxy) is 1. The standard InChI is InChI=1S/C14H28N2O/c1-11-6-4-5-7-16(11)14(10-15)8-12(2)17-13(3)9-14/h11-13H,4-10,15H2,1-3H3. The molecule has 2 saturated heterocycles. The Morgan fingerprint density at radius 2 is 1.82 bits per heavy atom. The van der Waals surface area contributed by atoms with Crippen molar-refractivity contribution >= 4 is 0 Å². The Balaban J connectivity index is 2.16. The lowest BCUT2D eigenvalue weighted by molar-refractivity contribution is -0.116. The smallest absolute Gasteiger partial charge is 0.0568 e. The molecule has 2 N–H and O–H groups in total. The van der Waals surface area contributed by atoms with Gasteiger partial charge in [-0.2, -0.15) is 0 Å². The second-order valence-corrected chi connectivity index (χ2v) is 6.13. The Labute approximate surface area is 106 Å². The third-order valence-corrected chi connectivity index (χ3v) is 4.59. The monoisotopic (exact) mass is 240 g/mol. The van der Waals surface area contributed by atoms with Crippen molar-refractivity contribution in [1.29, 1.82) is 0 Å². The summed E-state index contributed by atoms with van der Waals surface area (Å²) in [5.74, 6) is 0. The Kier molecular flexibility index (Phi) is 4.11. The van der Waals surface area contributed by atoms with Crippen molar-refractivity contribution in [2.45, 2.75) is 76.7 Å². The molecule has 2 aliphatic rings. The molecular weight excluding hydrogens is 212 g/mol. The van der Waals surface area contributed by atoms with E-state index in [0.717, 1.165) is 19.4 Å². The van der Waals surface area contributed by atoms with Crippen LogP contribution in [0.2, 0.25) is 0 Å². The zero-order valence-electron chi connectivity index (χ0n) is 11.6. The molecule has 3 nitrogen and oxygen atoms in total. The molecule has 0 aromatic rings. The van der Waals surface area contributed by atoms with Crippen LogP contribution in [-0.4, -0.2) is 41.8 Å². The fraction of sp³-hybridized carbons (Fsp3) is 1.00. The van der Waals surface area contributed by atoms with Crippen LogP contribution in [0.25, 0.3) is 0 Å². The zero-order valence-corrected chi connectivity index (χ0v) is 11.6. The number of likely N-dealkylation sites (tertiary alicyclic amines) is 1. The van der Waals surface area contributed by atoms with Gasteiger partial charge < -0.3 is 10.5 Å². The van der Waals surface area contributed by atoms with Gasteiger partial charge in [0.05, 0.1) is 12.2 Å². The lowest BCUT2D eigenvalue weighted by Crippen LogP contribution is -2.63. The highest BCUT2D eigenvalue weighted by atomic mass is 16.5. The molecule has 3 atom stereocenters. The van der Waals surface area contributed by atoms with Crippen LogP contribution in [0.15, 0.2) is 0 Å². The molecule has 2 rings (SSSR count). The summed E-state index contributed by atoms with van der Waals surface area (Å²) in [6.07, 6.45) is 6.91. The van der Waals surface area contributed by atoms with E-state index in [1.54, 1.807) is 0 Å². The highest BCUT2D eigenvalue weighted by Gasteiger charge is 2.44. The number of hydrogen-bond acceptors (Lipinski definition) is 3. The molecular formula is C14H28N2O. The summed E-state index contributed by atoms with van der Waals surface area (Å²) in [4.78, 5) is 2.69. The second kappa shape index (κ2) is 5.25. The maximum atomic E-state index is 6.16. The van der Waals surface area contributed by atoms with Crippen molar-refractivity contribution in [3.05, 3.63) is 0 Å². The van der Waals surface area contributed by atoms with E-state index in [1.165, 1.54) is 25.8 Å². The molecule has 0 amide bonds. The highest BCUT2D eigenvalue weighted by Crippen LogP contribution is 2.37. The summed E-state index contributed by atoms with van der Waals surface area (Å²) in [5.41, 5.74) is 6.35. The normalized spacial score (nSPS) is 44.8. The fourth-order valence-corrected chi connectivity index (χ4v) is 3.97. The largest absolute Gasteiger partial charge is 0.375 e. The van der Waals surface area contributed by atoms with Crippen molar-refractivity contribution in [1.82, 2.24) is 4.90 Å². The van der Waals surface area contributed by atoms with Crippen molar-refractivity contribution in [2.24, 2.45) is 5.73 Å². The minimum Gasteiger partial charge on any atom is -0.375 e. The van der Waals surface area contributed by atoms with Gasteiger partial charge in [-0.25, -0.2) is 0 Å². The van der Waals surface area contributed by atoms with E-state index in [-0.39, 0.29) is 5.54 Å². The van der Waals surface area contributed by atoms with Gasteiger partial charge in [0.25, 0.3) is 0 Å². The van der Waals surface area contributed by atoms with Gasteiger partial charge in [0.1, 0.15) is 0 Å². The molecule has 17 heavy (non-hydrogen) atoms. The van der Waals surface area contributed by atoms with Crippen LogP contribution in [-0.2, 0) is 4.74 Å². The van der Waals surface area contributed by atoms with Crippen molar-refractivity contribution < 1.29 is 4.74 Å². The molecule has 2 heterocycles. The quantitative estimate of drug-likeness (QED) is 0.804. The molecule has 0 aliphatic carbocycles. The molecule has 0 spiro atoms. The molecule has 3 unspecified atom stereocenters. The number of piperidine rings is 1. The van der Waals surface area contributed by atoms with Gasteiger partial charge >= 0.3 is 0 Å². The Bertz CT molecular complexity index is 247. The van der Waals surface area contributed by atoms with Gasteiger partial charge in [0, 0.05) is 18.1 Å². The molecule has 0 bridgehead atoms. The molecule has 0 saturated carbocycles. The third-order valence-electron chi connectivity index (χ3n) is 4.59. The Hall–Kier alpha value is -0.120. The zero-order chi connectivity index (χ0) is 12.5. The number of nitrogens with zero attached hydrogens (tertiary/aromatic N) is 1. The van der Waals surface area contributed by atoms with Crippen LogP contribution in [0, 0.1) is 0 Å². The third kappa shape index (κ3) is 2.67. The van der Waals surface area contributed by atoms with Gasteiger partial charge in [-0.05, 0) is 53.0 Å². The van der Waals surface area contributed by atoms with Crippen LogP contribution in [0.4, 0.5) is 0 Å². The van der Waals surface area contributed by atoms with Crippen LogP contribution in [0.3, 0.4) is 0 Å². The molecule has 0 aromatic heterocycles. The first-order valence-electron chi connectivity index (χ1n) is 7.20. The van der Waals surface area contributed by atoms with Gasteiger partial charge in [-0.3, -0.25) is 4.90 Å². The highest BCUT2D eigenvalue weighted by molar-refractivity contribution is 5.00. The average Bonchev–Trinajstić information content (AvgIpc) is 2.28. The van der Waals surface area contributed by atoms with E-state index in [0.29, 0.717) is 18.2 Å². The summed E-state index contributed by atoms with van der Waals surface area (Å²) in [5, 5.41) is 0. The van der Waals surface area contributed by atoms with E-state index in [1.807, 2.05) is 0 Å². The van der Waals surface area contributed by atoms with Crippen LogP contribution >= 0.6 is 0 Å². The molecule has 3 heteroatoms. The van der Waals surface area contributed by atoms with Gasteiger partial charge in [0.2, 0.25) is 0 Å². The fourth-order valence-electron chi connectivity index (χ4n) is 3.97. The molecule has 2 aliphatic heterocycles. The minimum absolute atomic E-state index is 0.191. The van der Waals surface area contributed by atoms with Crippen LogP contribution in [0.1, 0.15) is 52.9 Å². The number of rotatable bonds is 2. The van der Waals surface area contributed by atoms with E-state index < -0.39 is 0 Å². The van der Waals surface area contributed by atoms with Gasteiger partial charge in [-0.15, -0.1) is 0 Å². The minimum atomic E-state index is 0.191. The first-order chi connectivity index (χ1) is 8.07. The van der Waals surface area contributed by atoms with Crippen molar-refractivity contribution in [3.8, 4) is 0 Å².